The van der Waals surface area contributed by atoms with E-state index in [-0.39, 0.29) is 23.7 Å². The number of morpholine rings is 1. The molecule has 2 N–H and O–H groups in total. The first-order chi connectivity index (χ1) is 11.4. The van der Waals surface area contributed by atoms with Crippen LogP contribution in [0.4, 0.5) is 10.2 Å². The van der Waals surface area contributed by atoms with Gasteiger partial charge in [-0.3, -0.25) is 4.79 Å². The lowest BCUT2D eigenvalue weighted by molar-refractivity contribution is -0.00544. The molecular formula is C17H19FN4O2. The number of nitrogens with zero attached hydrogens (tertiary/aromatic N) is 3. The van der Waals surface area contributed by atoms with E-state index in [1.165, 1.54) is 18.3 Å². The maximum Gasteiger partial charge on any atom is 0.268 e. The van der Waals surface area contributed by atoms with E-state index in [1.54, 1.807) is 12.1 Å². The predicted octanol–water partition coefficient (Wildman–Crippen LogP) is 2.00. The Morgan fingerprint density at radius 1 is 1.25 bits per heavy atom. The Morgan fingerprint density at radius 3 is 2.46 bits per heavy atom. The second-order valence-electron chi connectivity index (χ2n) is 5.96. The van der Waals surface area contributed by atoms with Crippen LogP contribution < -0.4 is 10.6 Å². The molecule has 7 heteroatoms. The molecule has 126 valence electrons. The van der Waals surface area contributed by atoms with Crippen LogP contribution in [0.3, 0.4) is 0 Å². The fourth-order valence-corrected chi connectivity index (χ4v) is 2.88. The molecule has 0 radical (unpaired) electrons. The van der Waals surface area contributed by atoms with E-state index in [9.17, 15) is 9.18 Å². The van der Waals surface area contributed by atoms with Gasteiger partial charge >= 0.3 is 0 Å². The van der Waals surface area contributed by atoms with Crippen molar-refractivity contribution in [1.29, 1.82) is 0 Å². The number of carbonyl (C=O) groups excluding carboxylic acids is 1. The Labute approximate surface area is 139 Å². The van der Waals surface area contributed by atoms with Gasteiger partial charge in [0.1, 0.15) is 17.2 Å². The molecule has 0 bridgehead atoms. The summed E-state index contributed by atoms with van der Waals surface area (Å²) in [7, 11) is 0. The predicted molar refractivity (Wildman–Crippen MR) is 88.2 cm³/mol. The van der Waals surface area contributed by atoms with Gasteiger partial charge in [-0.15, -0.1) is 0 Å². The summed E-state index contributed by atoms with van der Waals surface area (Å²) >= 11 is 0. The number of rotatable bonds is 3. The van der Waals surface area contributed by atoms with E-state index in [0.29, 0.717) is 24.6 Å². The summed E-state index contributed by atoms with van der Waals surface area (Å²) in [5.74, 6) is -0.403. The molecule has 2 aromatic rings. The number of benzene rings is 1. The van der Waals surface area contributed by atoms with Crippen LogP contribution >= 0.6 is 0 Å². The van der Waals surface area contributed by atoms with Crippen molar-refractivity contribution >= 4 is 11.7 Å². The van der Waals surface area contributed by atoms with Crippen molar-refractivity contribution in [2.45, 2.75) is 26.1 Å². The van der Waals surface area contributed by atoms with Gasteiger partial charge in [-0.1, -0.05) is 0 Å². The monoisotopic (exact) mass is 330 g/mol. The zero-order valence-corrected chi connectivity index (χ0v) is 13.6. The number of hydrogen-bond acceptors (Lipinski definition) is 5. The number of halogens is 1. The van der Waals surface area contributed by atoms with Crippen molar-refractivity contribution < 1.29 is 13.9 Å². The van der Waals surface area contributed by atoms with Crippen molar-refractivity contribution in [2.75, 3.05) is 18.0 Å². The highest BCUT2D eigenvalue weighted by Crippen LogP contribution is 2.29. The van der Waals surface area contributed by atoms with Crippen LogP contribution in [0.25, 0.3) is 11.3 Å². The molecule has 1 aliphatic heterocycles. The minimum Gasteiger partial charge on any atom is -0.372 e. The average molecular weight is 330 g/mol. The van der Waals surface area contributed by atoms with Crippen molar-refractivity contribution in [3.8, 4) is 11.3 Å². The number of nitrogens with two attached hydrogens (primary N) is 1. The number of hydrogen-bond donors (Lipinski definition) is 1. The number of amides is 1. The summed E-state index contributed by atoms with van der Waals surface area (Å²) in [4.78, 5) is 22.3. The molecule has 1 fully saturated rings. The van der Waals surface area contributed by atoms with Gasteiger partial charge in [-0.25, -0.2) is 14.4 Å². The third kappa shape index (κ3) is 3.35. The minimum absolute atomic E-state index is 0.0221. The maximum absolute atomic E-state index is 13.2. The van der Waals surface area contributed by atoms with Gasteiger partial charge in [0, 0.05) is 18.7 Å². The second-order valence-corrected chi connectivity index (χ2v) is 5.96. The number of primary amides is 1. The van der Waals surface area contributed by atoms with Crippen molar-refractivity contribution in [2.24, 2.45) is 5.73 Å². The largest absolute Gasteiger partial charge is 0.372 e. The second kappa shape index (κ2) is 6.52. The first-order valence-electron chi connectivity index (χ1n) is 7.77. The fraction of sp³-hybridized carbons (Fsp3) is 0.353. The Balaban J connectivity index is 2.08. The van der Waals surface area contributed by atoms with Crippen LogP contribution in [0, 0.1) is 5.82 Å². The Hall–Kier alpha value is -2.54. The zero-order chi connectivity index (χ0) is 17.3. The van der Waals surface area contributed by atoms with Crippen LogP contribution in [0.2, 0.25) is 0 Å². The quantitative estimate of drug-likeness (QED) is 0.931. The van der Waals surface area contributed by atoms with Gasteiger partial charge in [0.05, 0.1) is 18.4 Å². The lowest BCUT2D eigenvalue weighted by atomic mass is 10.1. The molecule has 1 saturated heterocycles. The third-order valence-corrected chi connectivity index (χ3v) is 3.84. The van der Waals surface area contributed by atoms with Crippen LogP contribution in [0.5, 0.6) is 0 Å². The van der Waals surface area contributed by atoms with Crippen LogP contribution in [-0.4, -0.2) is 41.2 Å². The molecule has 0 saturated carbocycles. The standard InChI is InChI=1S/C17H19FN4O2/c1-10-8-22(9-11(2)24-10)17-15(12-3-5-13(18)6-4-12)20-7-14(21-17)16(19)23/h3-7,10-11H,8-9H2,1-2H3,(H2,19,23). The van der Waals surface area contributed by atoms with Gasteiger partial charge in [-0.05, 0) is 38.1 Å². The normalized spacial score (nSPS) is 20.9. The summed E-state index contributed by atoms with van der Waals surface area (Å²) in [5.41, 5.74) is 6.75. The molecule has 1 aromatic heterocycles. The summed E-state index contributed by atoms with van der Waals surface area (Å²) in [5, 5.41) is 0. The smallest absolute Gasteiger partial charge is 0.268 e. The number of aromatic nitrogens is 2. The summed E-state index contributed by atoms with van der Waals surface area (Å²) in [6.07, 6.45) is 1.39. The minimum atomic E-state index is -0.635. The van der Waals surface area contributed by atoms with Crippen molar-refractivity contribution in [3.05, 3.63) is 42.0 Å². The molecule has 2 unspecified atom stereocenters. The van der Waals surface area contributed by atoms with E-state index in [2.05, 4.69) is 9.97 Å². The fourth-order valence-electron chi connectivity index (χ4n) is 2.88. The van der Waals surface area contributed by atoms with Crippen molar-refractivity contribution in [3.63, 3.8) is 0 Å². The van der Waals surface area contributed by atoms with Crippen LogP contribution in [0.15, 0.2) is 30.5 Å². The van der Waals surface area contributed by atoms with E-state index in [4.69, 9.17) is 10.5 Å². The van der Waals surface area contributed by atoms with Gasteiger partial charge in [-0.2, -0.15) is 0 Å². The van der Waals surface area contributed by atoms with Crippen LogP contribution in [-0.2, 0) is 4.74 Å². The molecular weight excluding hydrogens is 311 g/mol. The van der Waals surface area contributed by atoms with E-state index in [0.717, 1.165) is 5.56 Å². The topological polar surface area (TPSA) is 81.3 Å². The number of carbonyl (C=O) groups is 1. The lowest BCUT2D eigenvalue weighted by Crippen LogP contribution is -2.46. The molecule has 3 rings (SSSR count). The van der Waals surface area contributed by atoms with Crippen molar-refractivity contribution in [1.82, 2.24) is 9.97 Å². The maximum atomic E-state index is 13.2. The number of anilines is 1. The Bertz CT molecular complexity index is 741. The summed E-state index contributed by atoms with van der Waals surface area (Å²) < 4.78 is 19.0. The molecule has 2 atom stereocenters. The van der Waals surface area contributed by atoms with E-state index in [1.807, 2.05) is 18.7 Å². The molecule has 2 heterocycles. The van der Waals surface area contributed by atoms with Gasteiger partial charge < -0.3 is 15.4 Å². The number of ether oxygens (including phenoxy) is 1. The first-order valence-corrected chi connectivity index (χ1v) is 7.77. The molecule has 24 heavy (non-hydrogen) atoms. The third-order valence-electron chi connectivity index (χ3n) is 3.84. The van der Waals surface area contributed by atoms with E-state index < -0.39 is 5.91 Å². The van der Waals surface area contributed by atoms with Gasteiger partial charge in [0.2, 0.25) is 0 Å². The highest BCUT2D eigenvalue weighted by Gasteiger charge is 2.26. The SMILES string of the molecule is CC1CN(c2nc(C(N)=O)cnc2-c2ccc(F)cc2)CC(C)O1. The first kappa shape index (κ1) is 16.3. The lowest BCUT2D eigenvalue weighted by Gasteiger charge is -2.36. The highest BCUT2D eigenvalue weighted by molar-refractivity contribution is 5.91. The molecule has 0 spiro atoms. The molecule has 1 aliphatic rings. The zero-order valence-electron chi connectivity index (χ0n) is 13.6. The van der Waals surface area contributed by atoms with E-state index >= 15 is 0 Å². The Morgan fingerprint density at radius 2 is 1.88 bits per heavy atom. The molecule has 0 aliphatic carbocycles. The summed E-state index contributed by atoms with van der Waals surface area (Å²) in [6, 6.07) is 6.01. The molecule has 1 amide bonds. The van der Waals surface area contributed by atoms with Gasteiger partial charge in [0.25, 0.3) is 5.91 Å². The highest BCUT2D eigenvalue weighted by atomic mass is 19.1. The Kier molecular flexibility index (Phi) is 4.44. The summed E-state index contributed by atoms with van der Waals surface area (Å²) in [6.45, 7) is 5.20. The molecule has 6 nitrogen and oxygen atoms in total. The van der Waals surface area contributed by atoms with Gasteiger partial charge in [0.15, 0.2) is 5.82 Å². The van der Waals surface area contributed by atoms with Crippen LogP contribution in [0.1, 0.15) is 24.3 Å². The molecule has 1 aromatic carbocycles. The average Bonchev–Trinajstić information content (AvgIpc) is 2.54.